The third-order valence-corrected chi connectivity index (χ3v) is 4.11. The number of likely N-dealkylation sites (N-methyl/N-ethyl adjacent to an activating group) is 1. The Morgan fingerprint density at radius 2 is 1.76 bits per heavy atom. The number of halogens is 1. The van der Waals surface area contributed by atoms with Crippen molar-refractivity contribution in [3.8, 4) is 0 Å². The molecule has 0 spiro atoms. The molecule has 0 saturated carbocycles. The van der Waals surface area contributed by atoms with Gasteiger partial charge in [-0.1, -0.05) is 68.8 Å². The average molecular weight is 285 g/mol. The van der Waals surface area contributed by atoms with E-state index in [0.29, 0.717) is 0 Å². The molecule has 0 radical (unpaired) electrons. The summed E-state index contributed by atoms with van der Waals surface area (Å²) in [7, 11) is 0. The average Bonchev–Trinajstić information content (AvgIpc) is 2.48. The van der Waals surface area contributed by atoms with E-state index in [1.165, 1.54) is 5.56 Å². The summed E-state index contributed by atoms with van der Waals surface area (Å²) in [6.07, 6.45) is 0. The minimum absolute atomic E-state index is 0.0650. The van der Waals surface area contributed by atoms with Gasteiger partial charge in [0.1, 0.15) is 5.82 Å². The second-order valence-corrected chi connectivity index (χ2v) is 6.10. The molecule has 21 heavy (non-hydrogen) atoms. The van der Waals surface area contributed by atoms with Crippen LogP contribution in [0.1, 0.15) is 43.5 Å². The highest BCUT2D eigenvalue weighted by Gasteiger charge is 2.33. The van der Waals surface area contributed by atoms with Crippen LogP contribution >= 0.6 is 0 Å². The first-order valence-corrected chi connectivity index (χ1v) is 7.51. The van der Waals surface area contributed by atoms with Crippen LogP contribution in [0.15, 0.2) is 48.5 Å². The third kappa shape index (κ3) is 3.33. The van der Waals surface area contributed by atoms with Crippen LogP contribution in [0.4, 0.5) is 4.39 Å². The summed E-state index contributed by atoms with van der Waals surface area (Å²) in [6.45, 7) is 9.19. The van der Waals surface area contributed by atoms with E-state index in [1.807, 2.05) is 37.3 Å². The van der Waals surface area contributed by atoms with Gasteiger partial charge in [0.15, 0.2) is 0 Å². The molecule has 2 heteroatoms. The predicted molar refractivity (Wildman–Crippen MR) is 87.0 cm³/mol. The fraction of sp³-hybridized carbons (Fsp3) is 0.368. The molecule has 1 N–H and O–H groups in total. The van der Waals surface area contributed by atoms with Crippen molar-refractivity contribution in [3.63, 3.8) is 0 Å². The van der Waals surface area contributed by atoms with Crippen molar-refractivity contribution < 1.29 is 4.39 Å². The maximum Gasteiger partial charge on any atom is 0.128 e. The molecule has 1 unspecified atom stereocenters. The van der Waals surface area contributed by atoms with Crippen molar-refractivity contribution in [2.75, 3.05) is 6.54 Å². The fourth-order valence-electron chi connectivity index (χ4n) is 2.88. The van der Waals surface area contributed by atoms with Crippen LogP contribution in [0.2, 0.25) is 0 Å². The summed E-state index contributed by atoms with van der Waals surface area (Å²) >= 11 is 0. The van der Waals surface area contributed by atoms with Gasteiger partial charge in [-0.3, -0.25) is 0 Å². The van der Waals surface area contributed by atoms with E-state index < -0.39 is 0 Å². The van der Waals surface area contributed by atoms with Crippen molar-refractivity contribution in [1.82, 2.24) is 5.32 Å². The van der Waals surface area contributed by atoms with Crippen LogP contribution < -0.4 is 5.32 Å². The minimum atomic E-state index is -0.202. The lowest BCUT2D eigenvalue weighted by Gasteiger charge is -2.36. The topological polar surface area (TPSA) is 12.0 Å². The second kappa shape index (κ2) is 6.40. The fourth-order valence-corrected chi connectivity index (χ4v) is 2.88. The van der Waals surface area contributed by atoms with Gasteiger partial charge in [-0.15, -0.1) is 0 Å². The SMILES string of the molecule is CCNC(c1cc(C)ccc1F)C(C)(C)c1ccccc1. The van der Waals surface area contributed by atoms with Crippen LogP contribution in [0.25, 0.3) is 0 Å². The largest absolute Gasteiger partial charge is 0.309 e. The zero-order chi connectivity index (χ0) is 15.5. The Morgan fingerprint density at radius 3 is 2.38 bits per heavy atom. The Labute approximate surface area is 127 Å². The van der Waals surface area contributed by atoms with Gasteiger partial charge in [0.2, 0.25) is 0 Å². The zero-order valence-electron chi connectivity index (χ0n) is 13.3. The van der Waals surface area contributed by atoms with E-state index in [2.05, 4.69) is 38.2 Å². The molecule has 2 aromatic rings. The molecule has 112 valence electrons. The summed E-state index contributed by atoms with van der Waals surface area (Å²) in [5, 5.41) is 3.47. The lowest BCUT2D eigenvalue weighted by atomic mass is 9.74. The molecule has 0 aliphatic carbocycles. The maximum atomic E-state index is 14.3. The summed E-state index contributed by atoms with van der Waals surface area (Å²) in [5.41, 5.74) is 2.83. The molecule has 0 fully saturated rings. The zero-order valence-corrected chi connectivity index (χ0v) is 13.3. The maximum absolute atomic E-state index is 14.3. The van der Waals surface area contributed by atoms with Crippen LogP contribution in [0, 0.1) is 12.7 Å². The van der Waals surface area contributed by atoms with E-state index in [9.17, 15) is 4.39 Å². The van der Waals surface area contributed by atoms with Crippen LogP contribution in [0.5, 0.6) is 0 Å². The molecule has 0 aliphatic rings. The van der Waals surface area contributed by atoms with E-state index >= 15 is 0 Å². The molecule has 2 aromatic carbocycles. The summed E-state index contributed by atoms with van der Waals surface area (Å²) in [4.78, 5) is 0. The number of rotatable bonds is 5. The van der Waals surface area contributed by atoms with Crippen LogP contribution in [-0.2, 0) is 5.41 Å². The van der Waals surface area contributed by atoms with Gasteiger partial charge >= 0.3 is 0 Å². The van der Waals surface area contributed by atoms with Crippen molar-refractivity contribution in [1.29, 1.82) is 0 Å². The number of hydrogen-bond donors (Lipinski definition) is 1. The standard InChI is InChI=1S/C19H24FN/c1-5-21-18(16-13-14(2)11-12-17(16)20)19(3,4)15-9-7-6-8-10-15/h6-13,18,21H,5H2,1-4H3. The highest BCUT2D eigenvalue weighted by Crippen LogP contribution is 2.38. The molecule has 0 amide bonds. The summed E-state index contributed by atoms with van der Waals surface area (Å²) in [5.74, 6) is -0.143. The Hall–Kier alpha value is -1.67. The van der Waals surface area contributed by atoms with Crippen molar-refractivity contribution in [3.05, 3.63) is 71.0 Å². The van der Waals surface area contributed by atoms with E-state index in [0.717, 1.165) is 17.7 Å². The van der Waals surface area contributed by atoms with E-state index in [-0.39, 0.29) is 17.3 Å². The van der Waals surface area contributed by atoms with Gasteiger partial charge in [0.05, 0.1) is 0 Å². The monoisotopic (exact) mass is 285 g/mol. The van der Waals surface area contributed by atoms with Gasteiger partial charge in [0.25, 0.3) is 0 Å². The molecule has 1 nitrogen and oxygen atoms in total. The molecule has 0 aliphatic heterocycles. The summed E-state index contributed by atoms with van der Waals surface area (Å²) < 4.78 is 14.3. The molecule has 0 saturated heterocycles. The Morgan fingerprint density at radius 1 is 1.10 bits per heavy atom. The predicted octanol–water partition coefficient (Wildman–Crippen LogP) is 4.76. The minimum Gasteiger partial charge on any atom is -0.309 e. The highest BCUT2D eigenvalue weighted by atomic mass is 19.1. The molecular weight excluding hydrogens is 261 g/mol. The van der Waals surface area contributed by atoms with Crippen molar-refractivity contribution in [2.45, 2.75) is 39.2 Å². The first-order valence-electron chi connectivity index (χ1n) is 7.51. The highest BCUT2D eigenvalue weighted by molar-refractivity contribution is 5.34. The van der Waals surface area contributed by atoms with Gasteiger partial charge in [0, 0.05) is 17.0 Å². The van der Waals surface area contributed by atoms with Crippen molar-refractivity contribution >= 4 is 0 Å². The molecular formula is C19H24FN. The van der Waals surface area contributed by atoms with Gasteiger partial charge < -0.3 is 5.32 Å². The molecule has 0 bridgehead atoms. The first-order chi connectivity index (χ1) is 9.96. The van der Waals surface area contributed by atoms with E-state index in [1.54, 1.807) is 6.07 Å². The summed E-state index contributed by atoms with van der Waals surface area (Å²) in [6, 6.07) is 15.6. The Kier molecular flexibility index (Phi) is 4.79. The Balaban J connectivity index is 2.50. The molecule has 1 atom stereocenters. The lowest BCUT2D eigenvalue weighted by molar-refractivity contribution is 0.343. The number of nitrogens with one attached hydrogen (secondary N) is 1. The smallest absolute Gasteiger partial charge is 0.128 e. The van der Waals surface area contributed by atoms with Gasteiger partial charge in [-0.25, -0.2) is 4.39 Å². The van der Waals surface area contributed by atoms with E-state index in [4.69, 9.17) is 0 Å². The normalized spacial score (nSPS) is 13.2. The van der Waals surface area contributed by atoms with Gasteiger partial charge in [-0.2, -0.15) is 0 Å². The van der Waals surface area contributed by atoms with Gasteiger partial charge in [-0.05, 0) is 25.1 Å². The van der Waals surface area contributed by atoms with Crippen LogP contribution in [-0.4, -0.2) is 6.54 Å². The first kappa shape index (κ1) is 15.7. The Bertz CT molecular complexity index is 590. The second-order valence-electron chi connectivity index (χ2n) is 6.10. The number of hydrogen-bond acceptors (Lipinski definition) is 1. The lowest BCUT2D eigenvalue weighted by Crippen LogP contribution is -2.38. The number of aryl methyl sites for hydroxylation is 1. The molecule has 0 aromatic heterocycles. The number of benzene rings is 2. The third-order valence-electron chi connectivity index (χ3n) is 4.11. The quantitative estimate of drug-likeness (QED) is 0.835. The van der Waals surface area contributed by atoms with Crippen molar-refractivity contribution in [2.24, 2.45) is 0 Å². The molecule has 0 heterocycles. The molecule has 2 rings (SSSR count). The van der Waals surface area contributed by atoms with Crippen LogP contribution in [0.3, 0.4) is 0 Å².